The maximum atomic E-state index is 9.21. The standard InChI is InChI=1S/C7H16O2/c1-6(5-8)4-7(2,3)9/h6,8-9H,4-5H2,1-3H3. The Kier molecular flexibility index (Phi) is 3.15. The fourth-order valence-corrected chi connectivity index (χ4v) is 0.917. The van der Waals surface area contributed by atoms with Crippen LogP contribution in [0.5, 0.6) is 0 Å². The van der Waals surface area contributed by atoms with Crippen molar-refractivity contribution < 1.29 is 10.2 Å². The van der Waals surface area contributed by atoms with Gasteiger partial charge < -0.3 is 10.2 Å². The lowest BCUT2D eigenvalue weighted by Crippen LogP contribution is -2.23. The number of hydrogen-bond donors (Lipinski definition) is 2. The Morgan fingerprint density at radius 2 is 1.89 bits per heavy atom. The number of hydrogen-bond acceptors (Lipinski definition) is 2. The Morgan fingerprint density at radius 3 is 2.00 bits per heavy atom. The molecule has 9 heavy (non-hydrogen) atoms. The van der Waals surface area contributed by atoms with Crippen LogP contribution in [0.1, 0.15) is 27.2 Å². The van der Waals surface area contributed by atoms with Crippen LogP contribution in [-0.2, 0) is 0 Å². The van der Waals surface area contributed by atoms with E-state index in [1.165, 1.54) is 0 Å². The van der Waals surface area contributed by atoms with Gasteiger partial charge in [-0.05, 0) is 26.2 Å². The van der Waals surface area contributed by atoms with Crippen molar-refractivity contribution in [1.29, 1.82) is 0 Å². The van der Waals surface area contributed by atoms with Crippen LogP contribution in [0.4, 0.5) is 0 Å². The molecule has 0 aliphatic rings. The van der Waals surface area contributed by atoms with Crippen molar-refractivity contribution in [3.63, 3.8) is 0 Å². The van der Waals surface area contributed by atoms with E-state index in [2.05, 4.69) is 0 Å². The molecule has 0 aliphatic carbocycles. The van der Waals surface area contributed by atoms with Crippen LogP contribution in [0.3, 0.4) is 0 Å². The van der Waals surface area contributed by atoms with E-state index >= 15 is 0 Å². The molecule has 1 unspecified atom stereocenters. The van der Waals surface area contributed by atoms with Gasteiger partial charge in [-0.25, -0.2) is 0 Å². The minimum Gasteiger partial charge on any atom is -0.396 e. The normalized spacial score (nSPS) is 15.7. The molecule has 0 aliphatic heterocycles. The van der Waals surface area contributed by atoms with Crippen molar-refractivity contribution >= 4 is 0 Å². The molecule has 0 rings (SSSR count). The zero-order valence-electron chi connectivity index (χ0n) is 6.39. The van der Waals surface area contributed by atoms with Crippen molar-refractivity contribution in [2.75, 3.05) is 6.61 Å². The summed E-state index contributed by atoms with van der Waals surface area (Å²) in [5.74, 6) is 0.199. The quantitative estimate of drug-likeness (QED) is 0.595. The average Bonchev–Trinajstić information content (AvgIpc) is 1.62. The van der Waals surface area contributed by atoms with Crippen LogP contribution < -0.4 is 0 Å². The molecule has 0 aromatic heterocycles. The van der Waals surface area contributed by atoms with E-state index < -0.39 is 5.60 Å². The van der Waals surface area contributed by atoms with Crippen LogP contribution in [-0.4, -0.2) is 22.4 Å². The third-order valence-corrected chi connectivity index (χ3v) is 1.16. The highest BCUT2D eigenvalue weighted by Gasteiger charge is 2.15. The molecule has 0 saturated heterocycles. The van der Waals surface area contributed by atoms with Gasteiger partial charge in [0.1, 0.15) is 0 Å². The van der Waals surface area contributed by atoms with Gasteiger partial charge in [-0.2, -0.15) is 0 Å². The van der Waals surface area contributed by atoms with Gasteiger partial charge in [0.25, 0.3) is 0 Å². The summed E-state index contributed by atoms with van der Waals surface area (Å²) < 4.78 is 0. The highest BCUT2D eigenvalue weighted by molar-refractivity contribution is 4.68. The predicted molar refractivity (Wildman–Crippen MR) is 37.2 cm³/mol. The number of aliphatic hydroxyl groups is 2. The van der Waals surface area contributed by atoms with Crippen molar-refractivity contribution in [2.45, 2.75) is 32.8 Å². The molecular formula is C7H16O2. The van der Waals surface area contributed by atoms with E-state index in [1.807, 2.05) is 6.92 Å². The minimum absolute atomic E-state index is 0.157. The molecule has 0 radical (unpaired) electrons. The number of rotatable bonds is 3. The van der Waals surface area contributed by atoms with Gasteiger partial charge in [0, 0.05) is 6.61 Å². The fraction of sp³-hybridized carbons (Fsp3) is 1.00. The second-order valence-corrected chi connectivity index (χ2v) is 3.30. The number of aliphatic hydroxyl groups excluding tert-OH is 1. The summed E-state index contributed by atoms with van der Waals surface area (Å²) in [4.78, 5) is 0. The molecule has 56 valence electrons. The Balaban J connectivity index is 3.47. The predicted octanol–water partition coefficient (Wildman–Crippen LogP) is 0.776. The van der Waals surface area contributed by atoms with Crippen LogP contribution in [0.25, 0.3) is 0 Å². The lowest BCUT2D eigenvalue weighted by atomic mass is 9.96. The Morgan fingerprint density at radius 1 is 1.44 bits per heavy atom. The molecule has 2 N–H and O–H groups in total. The van der Waals surface area contributed by atoms with Crippen molar-refractivity contribution in [1.82, 2.24) is 0 Å². The van der Waals surface area contributed by atoms with Gasteiger partial charge in [-0.1, -0.05) is 6.92 Å². The van der Waals surface area contributed by atoms with Gasteiger partial charge in [-0.3, -0.25) is 0 Å². The summed E-state index contributed by atoms with van der Waals surface area (Å²) in [7, 11) is 0. The summed E-state index contributed by atoms with van der Waals surface area (Å²) >= 11 is 0. The molecule has 0 bridgehead atoms. The lowest BCUT2D eigenvalue weighted by molar-refractivity contribution is 0.0440. The first-order valence-electron chi connectivity index (χ1n) is 3.29. The average molecular weight is 132 g/mol. The maximum absolute atomic E-state index is 9.21. The smallest absolute Gasteiger partial charge is 0.0595 e. The first kappa shape index (κ1) is 8.92. The summed E-state index contributed by atoms with van der Waals surface area (Å²) in [6.45, 7) is 5.57. The largest absolute Gasteiger partial charge is 0.396 e. The van der Waals surface area contributed by atoms with Gasteiger partial charge >= 0.3 is 0 Å². The van der Waals surface area contributed by atoms with Gasteiger partial charge in [0.05, 0.1) is 5.60 Å². The first-order valence-corrected chi connectivity index (χ1v) is 3.29. The summed E-state index contributed by atoms with van der Waals surface area (Å²) in [6.07, 6.45) is 0.656. The van der Waals surface area contributed by atoms with Crippen LogP contribution in [0.15, 0.2) is 0 Å². The summed E-state index contributed by atoms with van der Waals surface area (Å²) in [6, 6.07) is 0. The molecule has 0 heterocycles. The third kappa shape index (κ3) is 5.80. The molecular weight excluding hydrogens is 116 g/mol. The van der Waals surface area contributed by atoms with Crippen molar-refractivity contribution in [2.24, 2.45) is 5.92 Å². The lowest BCUT2D eigenvalue weighted by Gasteiger charge is -2.20. The van der Waals surface area contributed by atoms with E-state index in [0.717, 1.165) is 0 Å². The second-order valence-electron chi connectivity index (χ2n) is 3.30. The van der Waals surface area contributed by atoms with Gasteiger partial charge in [0.2, 0.25) is 0 Å². The molecule has 0 fully saturated rings. The molecule has 2 nitrogen and oxygen atoms in total. The summed E-state index contributed by atoms with van der Waals surface area (Å²) in [5, 5.41) is 17.8. The SMILES string of the molecule is CC(CO)CC(C)(C)O. The molecule has 0 aromatic rings. The Hall–Kier alpha value is -0.0800. The van der Waals surface area contributed by atoms with Crippen LogP contribution in [0.2, 0.25) is 0 Å². The first-order chi connectivity index (χ1) is 3.95. The van der Waals surface area contributed by atoms with E-state index in [4.69, 9.17) is 5.11 Å². The topological polar surface area (TPSA) is 40.5 Å². The molecule has 0 aromatic carbocycles. The van der Waals surface area contributed by atoms with Gasteiger partial charge in [-0.15, -0.1) is 0 Å². The zero-order valence-corrected chi connectivity index (χ0v) is 6.39. The molecule has 2 heteroatoms. The highest BCUT2D eigenvalue weighted by Crippen LogP contribution is 2.14. The Bertz CT molecular complexity index is 73.5. The molecule has 0 spiro atoms. The van der Waals surface area contributed by atoms with E-state index in [0.29, 0.717) is 6.42 Å². The maximum Gasteiger partial charge on any atom is 0.0595 e. The van der Waals surface area contributed by atoms with Crippen molar-refractivity contribution in [3.8, 4) is 0 Å². The van der Waals surface area contributed by atoms with Crippen molar-refractivity contribution in [3.05, 3.63) is 0 Å². The highest BCUT2D eigenvalue weighted by atomic mass is 16.3. The van der Waals surface area contributed by atoms with Crippen LogP contribution >= 0.6 is 0 Å². The van der Waals surface area contributed by atoms with E-state index in [-0.39, 0.29) is 12.5 Å². The zero-order chi connectivity index (χ0) is 7.49. The fourth-order valence-electron chi connectivity index (χ4n) is 0.917. The van der Waals surface area contributed by atoms with Crippen LogP contribution in [0, 0.1) is 5.92 Å². The molecule has 1 atom stereocenters. The monoisotopic (exact) mass is 132 g/mol. The van der Waals surface area contributed by atoms with E-state index in [9.17, 15) is 5.11 Å². The molecule has 0 saturated carbocycles. The van der Waals surface area contributed by atoms with E-state index in [1.54, 1.807) is 13.8 Å². The second kappa shape index (κ2) is 3.18. The Labute approximate surface area is 56.5 Å². The molecule has 0 amide bonds. The minimum atomic E-state index is -0.637. The summed E-state index contributed by atoms with van der Waals surface area (Å²) in [5.41, 5.74) is -0.637. The third-order valence-electron chi connectivity index (χ3n) is 1.16. The van der Waals surface area contributed by atoms with Gasteiger partial charge in [0.15, 0.2) is 0 Å².